The number of pyridine rings is 1. The molecule has 0 spiro atoms. The van der Waals surface area contributed by atoms with E-state index in [1.807, 2.05) is 12.3 Å². The Morgan fingerprint density at radius 2 is 2.05 bits per heavy atom. The van der Waals surface area contributed by atoms with E-state index >= 15 is 0 Å². The first kappa shape index (κ1) is 15.0. The lowest BCUT2D eigenvalue weighted by Gasteiger charge is -2.30. The van der Waals surface area contributed by atoms with Crippen molar-refractivity contribution in [1.82, 2.24) is 9.88 Å². The average Bonchev–Trinajstić information content (AvgIpc) is 2.55. The molecule has 2 heterocycles. The fraction of sp³-hybridized carbons (Fsp3) is 0.421. The average molecular weight is 295 g/mol. The van der Waals surface area contributed by atoms with E-state index in [0.717, 1.165) is 19.0 Å². The minimum atomic E-state index is 0.816. The van der Waals surface area contributed by atoms with Gasteiger partial charge in [-0.1, -0.05) is 25.1 Å². The number of aromatic nitrogens is 1. The molecule has 1 atom stereocenters. The van der Waals surface area contributed by atoms with Crippen molar-refractivity contribution in [3.63, 3.8) is 0 Å². The molecular weight excluding hydrogens is 270 g/mol. The van der Waals surface area contributed by atoms with E-state index in [1.165, 1.54) is 42.7 Å². The number of hydrogen-bond acceptors (Lipinski definition) is 3. The van der Waals surface area contributed by atoms with E-state index < -0.39 is 0 Å². The third kappa shape index (κ3) is 4.31. The molecule has 1 fully saturated rings. The molecule has 1 aromatic carbocycles. The van der Waals surface area contributed by atoms with Crippen molar-refractivity contribution < 1.29 is 0 Å². The summed E-state index contributed by atoms with van der Waals surface area (Å²) < 4.78 is 0. The minimum Gasteiger partial charge on any atom is -0.381 e. The van der Waals surface area contributed by atoms with Gasteiger partial charge in [-0.2, -0.15) is 0 Å². The molecule has 0 amide bonds. The first-order chi connectivity index (χ1) is 10.8. The zero-order valence-corrected chi connectivity index (χ0v) is 13.3. The molecule has 3 nitrogen and oxygen atoms in total. The molecule has 3 rings (SSSR count). The standard InChI is InChI=1S/C19H25N3/c1-16-4-3-11-22(14-16)15-17-6-8-19(9-7-17)21-13-18-5-2-10-20-12-18/h2,5-10,12,16,21H,3-4,11,13-15H2,1H3. The largest absolute Gasteiger partial charge is 0.381 e. The second kappa shape index (κ2) is 7.41. The van der Waals surface area contributed by atoms with E-state index in [4.69, 9.17) is 0 Å². The normalized spacial score (nSPS) is 19.0. The van der Waals surface area contributed by atoms with Crippen LogP contribution in [-0.4, -0.2) is 23.0 Å². The quantitative estimate of drug-likeness (QED) is 0.906. The molecule has 1 N–H and O–H groups in total. The van der Waals surface area contributed by atoms with Gasteiger partial charge in [-0.3, -0.25) is 9.88 Å². The van der Waals surface area contributed by atoms with E-state index in [0.29, 0.717) is 0 Å². The number of piperidine rings is 1. The van der Waals surface area contributed by atoms with Crippen LogP contribution in [0.3, 0.4) is 0 Å². The highest BCUT2D eigenvalue weighted by Gasteiger charge is 2.15. The molecule has 0 aliphatic carbocycles. The van der Waals surface area contributed by atoms with Gasteiger partial charge in [0, 0.05) is 37.7 Å². The molecule has 2 aromatic rings. The number of nitrogens with one attached hydrogen (secondary N) is 1. The molecule has 1 aliphatic heterocycles. The summed E-state index contributed by atoms with van der Waals surface area (Å²) in [5.74, 6) is 0.842. The highest BCUT2D eigenvalue weighted by atomic mass is 15.1. The van der Waals surface area contributed by atoms with Crippen molar-refractivity contribution in [2.75, 3.05) is 18.4 Å². The fourth-order valence-electron chi connectivity index (χ4n) is 3.12. The SMILES string of the molecule is CC1CCCN(Cc2ccc(NCc3cccnc3)cc2)C1. The molecule has 116 valence electrons. The van der Waals surface area contributed by atoms with Crippen LogP contribution in [0.2, 0.25) is 0 Å². The van der Waals surface area contributed by atoms with Gasteiger partial charge in [0.15, 0.2) is 0 Å². The summed E-state index contributed by atoms with van der Waals surface area (Å²) in [7, 11) is 0. The Hall–Kier alpha value is -1.87. The second-order valence-corrected chi connectivity index (χ2v) is 6.39. The molecular formula is C19H25N3. The molecule has 1 aliphatic rings. The van der Waals surface area contributed by atoms with Crippen molar-refractivity contribution in [1.29, 1.82) is 0 Å². The monoisotopic (exact) mass is 295 g/mol. The van der Waals surface area contributed by atoms with E-state index in [1.54, 1.807) is 6.20 Å². The number of nitrogens with zero attached hydrogens (tertiary/aromatic N) is 2. The van der Waals surface area contributed by atoms with Gasteiger partial charge in [-0.05, 0) is 54.6 Å². The summed E-state index contributed by atoms with van der Waals surface area (Å²) in [5.41, 5.74) is 3.77. The third-order valence-corrected chi connectivity index (χ3v) is 4.32. The summed E-state index contributed by atoms with van der Waals surface area (Å²) in [6.07, 6.45) is 6.43. The predicted octanol–water partition coefficient (Wildman–Crippen LogP) is 3.93. The Morgan fingerprint density at radius 1 is 1.18 bits per heavy atom. The predicted molar refractivity (Wildman–Crippen MR) is 91.7 cm³/mol. The lowest BCUT2D eigenvalue weighted by molar-refractivity contribution is 0.176. The molecule has 22 heavy (non-hydrogen) atoms. The summed E-state index contributed by atoms with van der Waals surface area (Å²) in [6.45, 7) is 6.73. The van der Waals surface area contributed by atoms with Gasteiger partial charge in [-0.25, -0.2) is 0 Å². The van der Waals surface area contributed by atoms with Crippen LogP contribution in [-0.2, 0) is 13.1 Å². The zero-order valence-electron chi connectivity index (χ0n) is 13.3. The van der Waals surface area contributed by atoms with Crippen LogP contribution >= 0.6 is 0 Å². The Balaban J connectivity index is 1.51. The Labute approximate surface area is 133 Å². The van der Waals surface area contributed by atoms with Gasteiger partial charge >= 0.3 is 0 Å². The maximum absolute atomic E-state index is 4.14. The fourth-order valence-corrected chi connectivity index (χ4v) is 3.12. The molecule has 1 unspecified atom stereocenters. The van der Waals surface area contributed by atoms with Crippen LogP contribution in [0.1, 0.15) is 30.9 Å². The summed E-state index contributed by atoms with van der Waals surface area (Å²) in [5, 5.41) is 3.45. The summed E-state index contributed by atoms with van der Waals surface area (Å²) >= 11 is 0. The highest BCUT2D eigenvalue weighted by Crippen LogP contribution is 2.19. The topological polar surface area (TPSA) is 28.2 Å². The maximum Gasteiger partial charge on any atom is 0.0416 e. The smallest absolute Gasteiger partial charge is 0.0416 e. The number of rotatable bonds is 5. The molecule has 1 saturated heterocycles. The van der Waals surface area contributed by atoms with Gasteiger partial charge in [0.1, 0.15) is 0 Å². The second-order valence-electron chi connectivity index (χ2n) is 6.39. The van der Waals surface area contributed by atoms with Gasteiger partial charge in [0.2, 0.25) is 0 Å². The zero-order chi connectivity index (χ0) is 15.2. The van der Waals surface area contributed by atoms with Crippen LogP contribution in [0.4, 0.5) is 5.69 Å². The number of likely N-dealkylation sites (tertiary alicyclic amines) is 1. The maximum atomic E-state index is 4.14. The van der Waals surface area contributed by atoms with E-state index in [-0.39, 0.29) is 0 Å². The van der Waals surface area contributed by atoms with E-state index in [2.05, 4.69) is 52.5 Å². The minimum absolute atomic E-state index is 0.816. The Morgan fingerprint density at radius 3 is 2.77 bits per heavy atom. The van der Waals surface area contributed by atoms with Crippen molar-refractivity contribution in [2.45, 2.75) is 32.9 Å². The Kier molecular flexibility index (Phi) is 5.07. The summed E-state index contributed by atoms with van der Waals surface area (Å²) in [4.78, 5) is 6.71. The van der Waals surface area contributed by atoms with Crippen LogP contribution < -0.4 is 5.32 Å². The van der Waals surface area contributed by atoms with Crippen molar-refractivity contribution >= 4 is 5.69 Å². The molecule has 1 aromatic heterocycles. The first-order valence-corrected chi connectivity index (χ1v) is 8.23. The first-order valence-electron chi connectivity index (χ1n) is 8.23. The van der Waals surface area contributed by atoms with Gasteiger partial charge in [-0.15, -0.1) is 0 Å². The van der Waals surface area contributed by atoms with E-state index in [9.17, 15) is 0 Å². The van der Waals surface area contributed by atoms with Gasteiger partial charge in [0.05, 0.1) is 0 Å². The van der Waals surface area contributed by atoms with Gasteiger partial charge in [0.25, 0.3) is 0 Å². The van der Waals surface area contributed by atoms with Crippen molar-refractivity contribution in [3.8, 4) is 0 Å². The number of hydrogen-bond donors (Lipinski definition) is 1. The van der Waals surface area contributed by atoms with Crippen LogP contribution in [0.5, 0.6) is 0 Å². The lowest BCUT2D eigenvalue weighted by Crippen LogP contribution is -2.33. The Bertz CT molecular complexity index is 565. The highest BCUT2D eigenvalue weighted by molar-refractivity contribution is 5.45. The van der Waals surface area contributed by atoms with Crippen LogP contribution in [0, 0.1) is 5.92 Å². The van der Waals surface area contributed by atoms with Crippen molar-refractivity contribution in [2.24, 2.45) is 5.92 Å². The lowest BCUT2D eigenvalue weighted by atomic mass is 10.00. The number of benzene rings is 1. The molecule has 3 heteroatoms. The third-order valence-electron chi connectivity index (χ3n) is 4.32. The number of anilines is 1. The van der Waals surface area contributed by atoms with Crippen LogP contribution in [0.15, 0.2) is 48.8 Å². The molecule has 0 bridgehead atoms. The van der Waals surface area contributed by atoms with Gasteiger partial charge < -0.3 is 5.32 Å². The van der Waals surface area contributed by atoms with Crippen LogP contribution in [0.25, 0.3) is 0 Å². The van der Waals surface area contributed by atoms with Crippen molar-refractivity contribution in [3.05, 3.63) is 59.9 Å². The molecule has 0 radical (unpaired) electrons. The summed E-state index contributed by atoms with van der Waals surface area (Å²) in [6, 6.07) is 12.9. The molecule has 0 saturated carbocycles.